The second-order valence-electron chi connectivity index (χ2n) is 4.36. The van der Waals surface area contributed by atoms with E-state index in [4.69, 9.17) is 11.6 Å². The molecule has 1 unspecified atom stereocenters. The summed E-state index contributed by atoms with van der Waals surface area (Å²) >= 11 is 12.8. The number of halogens is 4. The zero-order valence-electron chi connectivity index (χ0n) is 10.0. The van der Waals surface area contributed by atoms with Crippen LogP contribution in [0.1, 0.15) is 17.0 Å². The Hall–Kier alpha value is -0.380. The Kier molecular flexibility index (Phi) is 5.43. The van der Waals surface area contributed by atoms with Crippen LogP contribution in [0.2, 0.25) is 5.02 Å². The minimum atomic E-state index is -0.372. The average molecular weight is 407 g/mol. The van der Waals surface area contributed by atoms with E-state index >= 15 is 0 Å². The highest BCUT2D eigenvalue weighted by molar-refractivity contribution is 9.10. The van der Waals surface area contributed by atoms with Gasteiger partial charge in [0.25, 0.3) is 0 Å². The summed E-state index contributed by atoms with van der Waals surface area (Å²) in [4.78, 5) is 0. The Balaban J connectivity index is 2.21. The summed E-state index contributed by atoms with van der Waals surface area (Å²) in [5.74, 6) is -0.0395. The van der Waals surface area contributed by atoms with Crippen LogP contribution in [-0.2, 0) is 6.42 Å². The maximum absolute atomic E-state index is 13.1. The van der Waals surface area contributed by atoms with E-state index in [9.17, 15) is 4.39 Å². The molecular weight excluding hydrogens is 394 g/mol. The van der Waals surface area contributed by atoms with E-state index in [0.717, 1.165) is 21.8 Å². The number of alkyl halides is 1. The van der Waals surface area contributed by atoms with Crippen LogP contribution in [0.25, 0.3) is 0 Å². The van der Waals surface area contributed by atoms with Crippen molar-refractivity contribution in [2.75, 3.05) is 5.33 Å². The molecule has 2 rings (SSSR count). The number of rotatable bonds is 4. The van der Waals surface area contributed by atoms with Crippen molar-refractivity contribution in [2.45, 2.75) is 12.3 Å². The van der Waals surface area contributed by atoms with E-state index in [0.29, 0.717) is 5.92 Å². The molecule has 100 valence electrons. The predicted octanol–water partition coefficient (Wildman–Crippen LogP) is 5.96. The lowest BCUT2D eigenvalue weighted by atomic mass is 9.94. The third-order valence-corrected chi connectivity index (χ3v) is 4.54. The molecule has 0 aromatic heterocycles. The SMILES string of the molecule is Fc1ccc(CC(CBr)c2cccc(Br)c2)cc1Cl. The van der Waals surface area contributed by atoms with Crippen LogP contribution in [0.15, 0.2) is 46.9 Å². The minimum absolute atomic E-state index is 0.181. The standard InChI is InChI=1S/C15H12Br2ClF/c16-9-12(11-2-1-3-13(17)8-11)6-10-4-5-15(19)14(18)7-10/h1-5,7-8,12H,6,9H2. The van der Waals surface area contributed by atoms with Gasteiger partial charge in [-0.25, -0.2) is 4.39 Å². The molecule has 0 bridgehead atoms. The smallest absolute Gasteiger partial charge is 0.141 e. The molecular formula is C15H12Br2ClF. The zero-order valence-corrected chi connectivity index (χ0v) is 14.0. The highest BCUT2D eigenvalue weighted by Gasteiger charge is 2.12. The molecule has 0 spiro atoms. The van der Waals surface area contributed by atoms with Gasteiger partial charge in [-0.1, -0.05) is 61.7 Å². The second-order valence-corrected chi connectivity index (χ2v) is 6.33. The van der Waals surface area contributed by atoms with Gasteiger partial charge in [0.15, 0.2) is 0 Å². The van der Waals surface area contributed by atoms with Crippen molar-refractivity contribution in [2.24, 2.45) is 0 Å². The topological polar surface area (TPSA) is 0 Å². The molecule has 1 atom stereocenters. The van der Waals surface area contributed by atoms with Crippen molar-refractivity contribution in [1.82, 2.24) is 0 Å². The molecule has 2 aromatic carbocycles. The van der Waals surface area contributed by atoms with Crippen LogP contribution in [-0.4, -0.2) is 5.33 Å². The normalized spacial score (nSPS) is 12.4. The summed E-state index contributed by atoms with van der Waals surface area (Å²) in [6, 6.07) is 13.1. The van der Waals surface area contributed by atoms with Crippen molar-refractivity contribution in [3.63, 3.8) is 0 Å². The molecule has 0 aliphatic rings. The van der Waals surface area contributed by atoms with Crippen molar-refractivity contribution < 1.29 is 4.39 Å². The van der Waals surface area contributed by atoms with Gasteiger partial charge in [0.2, 0.25) is 0 Å². The van der Waals surface area contributed by atoms with E-state index in [1.165, 1.54) is 11.6 Å². The first-order valence-electron chi connectivity index (χ1n) is 5.85. The van der Waals surface area contributed by atoms with Crippen molar-refractivity contribution in [3.8, 4) is 0 Å². The lowest BCUT2D eigenvalue weighted by Gasteiger charge is -2.15. The lowest BCUT2D eigenvalue weighted by molar-refractivity contribution is 0.626. The molecule has 0 aliphatic carbocycles. The summed E-state index contributed by atoms with van der Waals surface area (Å²) < 4.78 is 14.2. The average Bonchev–Trinajstić information content (AvgIpc) is 2.40. The Bertz CT molecular complexity index is 572. The summed E-state index contributed by atoms with van der Waals surface area (Å²) in [5.41, 5.74) is 2.28. The maximum atomic E-state index is 13.1. The van der Waals surface area contributed by atoms with Crippen LogP contribution in [0, 0.1) is 5.82 Å². The molecule has 0 saturated carbocycles. The molecule has 0 saturated heterocycles. The van der Waals surface area contributed by atoms with Gasteiger partial charge < -0.3 is 0 Å². The maximum Gasteiger partial charge on any atom is 0.141 e. The predicted molar refractivity (Wildman–Crippen MR) is 85.8 cm³/mol. The van der Waals surface area contributed by atoms with Crippen LogP contribution in [0.5, 0.6) is 0 Å². The fourth-order valence-electron chi connectivity index (χ4n) is 1.97. The quantitative estimate of drug-likeness (QED) is 0.550. The lowest BCUT2D eigenvalue weighted by Crippen LogP contribution is -2.04. The first-order valence-corrected chi connectivity index (χ1v) is 8.14. The molecule has 2 aromatic rings. The second kappa shape index (κ2) is 6.87. The van der Waals surface area contributed by atoms with E-state index in [1.807, 2.05) is 12.1 Å². The molecule has 0 aliphatic heterocycles. The molecule has 0 fully saturated rings. The molecule has 4 heteroatoms. The molecule has 0 radical (unpaired) electrons. The van der Waals surface area contributed by atoms with Gasteiger partial charge in [0.1, 0.15) is 5.82 Å². The van der Waals surface area contributed by atoms with Gasteiger partial charge in [-0.3, -0.25) is 0 Å². The Morgan fingerprint density at radius 3 is 2.58 bits per heavy atom. The third kappa shape index (κ3) is 4.04. The molecule has 0 amide bonds. The molecule has 0 nitrogen and oxygen atoms in total. The number of hydrogen-bond acceptors (Lipinski definition) is 0. The number of hydrogen-bond donors (Lipinski definition) is 0. The Labute approximate surface area is 134 Å². The summed E-state index contributed by atoms with van der Waals surface area (Å²) in [6.07, 6.45) is 0.821. The van der Waals surface area contributed by atoms with Gasteiger partial charge >= 0.3 is 0 Å². The molecule has 19 heavy (non-hydrogen) atoms. The van der Waals surface area contributed by atoms with E-state index in [2.05, 4.69) is 44.0 Å². The van der Waals surface area contributed by atoms with Gasteiger partial charge in [-0.05, 0) is 47.7 Å². The Morgan fingerprint density at radius 1 is 1.16 bits per heavy atom. The van der Waals surface area contributed by atoms with Crippen LogP contribution >= 0.6 is 43.5 Å². The fraction of sp³-hybridized carbons (Fsp3) is 0.200. The summed E-state index contributed by atoms with van der Waals surface area (Å²) in [6.45, 7) is 0. The van der Waals surface area contributed by atoms with E-state index in [-0.39, 0.29) is 10.8 Å². The summed E-state index contributed by atoms with van der Waals surface area (Å²) in [5, 5.41) is 1.03. The van der Waals surface area contributed by atoms with Gasteiger partial charge in [-0.15, -0.1) is 0 Å². The molecule has 0 heterocycles. The van der Waals surface area contributed by atoms with E-state index < -0.39 is 0 Å². The Morgan fingerprint density at radius 2 is 1.95 bits per heavy atom. The van der Waals surface area contributed by atoms with Gasteiger partial charge in [0.05, 0.1) is 5.02 Å². The highest BCUT2D eigenvalue weighted by atomic mass is 79.9. The van der Waals surface area contributed by atoms with Gasteiger partial charge in [0, 0.05) is 9.80 Å². The van der Waals surface area contributed by atoms with Crippen molar-refractivity contribution >= 4 is 43.5 Å². The third-order valence-electron chi connectivity index (χ3n) is 2.97. The fourth-order valence-corrected chi connectivity index (χ4v) is 3.20. The van der Waals surface area contributed by atoms with Crippen LogP contribution in [0.3, 0.4) is 0 Å². The van der Waals surface area contributed by atoms with Gasteiger partial charge in [-0.2, -0.15) is 0 Å². The minimum Gasteiger partial charge on any atom is -0.205 e. The van der Waals surface area contributed by atoms with Crippen LogP contribution < -0.4 is 0 Å². The van der Waals surface area contributed by atoms with Crippen LogP contribution in [0.4, 0.5) is 4.39 Å². The van der Waals surface area contributed by atoms with E-state index in [1.54, 1.807) is 12.1 Å². The van der Waals surface area contributed by atoms with Crippen molar-refractivity contribution in [3.05, 3.63) is 68.9 Å². The first kappa shape index (κ1) is 15.0. The summed E-state index contributed by atoms with van der Waals surface area (Å²) in [7, 11) is 0. The van der Waals surface area contributed by atoms with Crippen molar-refractivity contribution in [1.29, 1.82) is 0 Å². The first-order chi connectivity index (χ1) is 9.10. The monoisotopic (exact) mass is 404 g/mol. The number of benzene rings is 2. The largest absolute Gasteiger partial charge is 0.205 e. The zero-order chi connectivity index (χ0) is 13.8. The molecule has 0 N–H and O–H groups in total. The highest BCUT2D eigenvalue weighted by Crippen LogP contribution is 2.27.